The molecule has 0 saturated heterocycles. The Balaban J connectivity index is 2.48. The van der Waals surface area contributed by atoms with Crippen LogP contribution in [0.4, 0.5) is 0 Å². The normalized spacial score (nSPS) is 11.6. The van der Waals surface area contributed by atoms with Crippen molar-refractivity contribution in [2.45, 2.75) is 0 Å². The molecule has 0 aliphatic heterocycles. The quantitative estimate of drug-likeness (QED) is 0.462. The van der Waals surface area contributed by atoms with Gasteiger partial charge in [0, 0.05) is 17.0 Å². The highest BCUT2D eigenvalue weighted by molar-refractivity contribution is 9.10. The molecule has 4 aromatic rings. The van der Waals surface area contributed by atoms with Crippen molar-refractivity contribution < 1.29 is 0 Å². The Morgan fingerprint density at radius 2 is 1.78 bits per heavy atom. The van der Waals surface area contributed by atoms with Crippen molar-refractivity contribution in [2.75, 3.05) is 0 Å². The maximum absolute atomic E-state index is 4.51. The van der Waals surface area contributed by atoms with Gasteiger partial charge in [-0.05, 0) is 28.1 Å². The predicted molar refractivity (Wildman–Crippen MR) is 75.7 cm³/mol. The number of rotatable bonds is 0. The van der Waals surface area contributed by atoms with Crippen molar-refractivity contribution in [2.24, 2.45) is 0 Å². The first kappa shape index (κ1) is 10.0. The molecule has 0 fully saturated rings. The van der Waals surface area contributed by atoms with E-state index in [2.05, 4.69) is 48.5 Å². The highest BCUT2D eigenvalue weighted by Gasteiger charge is 2.11. The summed E-state index contributed by atoms with van der Waals surface area (Å²) in [6.45, 7) is 0. The third kappa shape index (κ3) is 1.18. The zero-order valence-electron chi connectivity index (χ0n) is 9.34. The van der Waals surface area contributed by atoms with Gasteiger partial charge in [0.2, 0.25) is 0 Å². The number of aromatic nitrogens is 3. The first-order valence-electron chi connectivity index (χ1n) is 5.64. The van der Waals surface area contributed by atoms with E-state index in [1.165, 1.54) is 0 Å². The second-order valence-corrected chi connectivity index (χ2v) is 4.97. The second kappa shape index (κ2) is 3.53. The fourth-order valence-electron chi connectivity index (χ4n) is 2.42. The fourth-order valence-corrected chi connectivity index (χ4v) is 2.88. The minimum absolute atomic E-state index is 0.946. The Morgan fingerprint density at radius 3 is 2.67 bits per heavy atom. The number of fused-ring (bicyclic) bond motifs is 6. The molecule has 0 N–H and O–H groups in total. The molecule has 0 atom stereocenters. The van der Waals surface area contributed by atoms with Gasteiger partial charge in [-0.3, -0.25) is 9.38 Å². The predicted octanol–water partition coefficient (Wildman–Crippen LogP) is 3.80. The molecule has 0 aliphatic rings. The molecule has 3 aromatic heterocycles. The summed E-state index contributed by atoms with van der Waals surface area (Å²) in [5.74, 6) is 0. The van der Waals surface area contributed by atoms with Gasteiger partial charge in [0.15, 0.2) is 0 Å². The number of benzene rings is 1. The summed E-state index contributed by atoms with van der Waals surface area (Å²) in [6, 6.07) is 12.2. The van der Waals surface area contributed by atoms with E-state index in [4.69, 9.17) is 0 Å². The van der Waals surface area contributed by atoms with Gasteiger partial charge < -0.3 is 0 Å². The SMILES string of the molecule is Brc1cnc2c3ccccc3c3ncccc3n12. The molecule has 18 heavy (non-hydrogen) atoms. The molecule has 0 unspecified atom stereocenters. The van der Waals surface area contributed by atoms with Crippen LogP contribution in [-0.2, 0) is 0 Å². The first-order chi connectivity index (χ1) is 8.86. The molecule has 0 aliphatic carbocycles. The lowest BCUT2D eigenvalue weighted by Gasteiger charge is -2.07. The topological polar surface area (TPSA) is 30.2 Å². The van der Waals surface area contributed by atoms with E-state index in [1.807, 2.05) is 30.6 Å². The van der Waals surface area contributed by atoms with Crippen molar-refractivity contribution in [3.8, 4) is 0 Å². The average Bonchev–Trinajstić information content (AvgIpc) is 2.82. The van der Waals surface area contributed by atoms with Gasteiger partial charge in [-0.1, -0.05) is 24.3 Å². The minimum Gasteiger partial charge on any atom is -0.285 e. The van der Waals surface area contributed by atoms with Crippen LogP contribution in [-0.4, -0.2) is 14.4 Å². The summed E-state index contributed by atoms with van der Waals surface area (Å²) < 4.78 is 3.03. The second-order valence-electron chi connectivity index (χ2n) is 4.16. The van der Waals surface area contributed by atoms with Crippen LogP contribution in [0.5, 0.6) is 0 Å². The molecule has 0 saturated carbocycles. The zero-order valence-corrected chi connectivity index (χ0v) is 10.9. The minimum atomic E-state index is 0.946. The van der Waals surface area contributed by atoms with Gasteiger partial charge in [0.1, 0.15) is 10.3 Å². The lowest BCUT2D eigenvalue weighted by Crippen LogP contribution is -1.92. The zero-order chi connectivity index (χ0) is 12.1. The summed E-state index contributed by atoms with van der Waals surface area (Å²) in [4.78, 5) is 9.00. The van der Waals surface area contributed by atoms with Crippen molar-refractivity contribution >= 4 is 43.4 Å². The van der Waals surface area contributed by atoms with E-state index in [1.54, 1.807) is 0 Å². The van der Waals surface area contributed by atoms with Crippen molar-refractivity contribution in [3.05, 3.63) is 53.4 Å². The van der Waals surface area contributed by atoms with Crippen molar-refractivity contribution in [1.82, 2.24) is 14.4 Å². The third-order valence-electron chi connectivity index (χ3n) is 3.17. The molecule has 0 bridgehead atoms. The van der Waals surface area contributed by atoms with Gasteiger partial charge in [-0.25, -0.2) is 4.98 Å². The summed E-state index contributed by atoms with van der Waals surface area (Å²) in [5.41, 5.74) is 3.02. The van der Waals surface area contributed by atoms with E-state index in [9.17, 15) is 0 Å². The number of imidazole rings is 1. The average molecular weight is 298 g/mol. The molecule has 4 rings (SSSR count). The van der Waals surface area contributed by atoms with Crippen molar-refractivity contribution in [1.29, 1.82) is 0 Å². The van der Waals surface area contributed by atoms with Crippen molar-refractivity contribution in [3.63, 3.8) is 0 Å². The van der Waals surface area contributed by atoms with Gasteiger partial charge in [-0.2, -0.15) is 0 Å². The van der Waals surface area contributed by atoms with E-state index in [0.29, 0.717) is 0 Å². The monoisotopic (exact) mass is 297 g/mol. The van der Waals surface area contributed by atoms with E-state index in [-0.39, 0.29) is 0 Å². The van der Waals surface area contributed by atoms with E-state index in [0.717, 1.165) is 32.1 Å². The van der Waals surface area contributed by atoms with Crippen LogP contribution in [0.2, 0.25) is 0 Å². The van der Waals surface area contributed by atoms with E-state index < -0.39 is 0 Å². The van der Waals surface area contributed by atoms with Crippen LogP contribution in [0, 0.1) is 0 Å². The Hall–Kier alpha value is -1.94. The molecule has 3 heterocycles. The summed E-state index contributed by atoms with van der Waals surface area (Å²) in [5, 5.41) is 2.26. The summed E-state index contributed by atoms with van der Waals surface area (Å²) >= 11 is 3.55. The van der Waals surface area contributed by atoms with Gasteiger partial charge in [-0.15, -0.1) is 0 Å². The lowest BCUT2D eigenvalue weighted by atomic mass is 10.1. The van der Waals surface area contributed by atoms with E-state index >= 15 is 0 Å². The van der Waals surface area contributed by atoms with Gasteiger partial charge in [0.25, 0.3) is 0 Å². The summed E-state index contributed by atoms with van der Waals surface area (Å²) in [6.07, 6.45) is 3.65. The Kier molecular flexibility index (Phi) is 1.96. The molecular weight excluding hydrogens is 290 g/mol. The number of nitrogens with zero attached hydrogens (tertiary/aromatic N) is 3. The number of hydrogen-bond acceptors (Lipinski definition) is 2. The number of halogens is 1. The maximum atomic E-state index is 4.51. The molecule has 1 aromatic carbocycles. The third-order valence-corrected chi connectivity index (χ3v) is 3.73. The highest BCUT2D eigenvalue weighted by atomic mass is 79.9. The van der Waals surface area contributed by atoms with Crippen LogP contribution in [0.25, 0.3) is 27.5 Å². The first-order valence-corrected chi connectivity index (χ1v) is 6.44. The highest BCUT2D eigenvalue weighted by Crippen LogP contribution is 2.29. The Bertz CT molecular complexity index is 895. The maximum Gasteiger partial charge on any atom is 0.146 e. The van der Waals surface area contributed by atoms with Gasteiger partial charge >= 0.3 is 0 Å². The molecule has 3 nitrogen and oxygen atoms in total. The number of pyridine rings is 2. The Labute approximate surface area is 111 Å². The summed E-state index contributed by atoms with van der Waals surface area (Å²) in [7, 11) is 0. The van der Waals surface area contributed by atoms with Crippen LogP contribution >= 0.6 is 15.9 Å². The van der Waals surface area contributed by atoms with Crippen LogP contribution < -0.4 is 0 Å². The Morgan fingerprint density at radius 1 is 0.944 bits per heavy atom. The molecule has 0 spiro atoms. The molecule has 4 heteroatoms. The van der Waals surface area contributed by atoms with Crippen LogP contribution in [0.15, 0.2) is 53.4 Å². The van der Waals surface area contributed by atoms with Crippen LogP contribution in [0.3, 0.4) is 0 Å². The smallest absolute Gasteiger partial charge is 0.146 e. The largest absolute Gasteiger partial charge is 0.285 e. The molecule has 86 valence electrons. The van der Waals surface area contributed by atoms with Crippen LogP contribution in [0.1, 0.15) is 0 Å². The fraction of sp³-hybridized carbons (Fsp3) is 0. The molecular formula is C14H8BrN3. The lowest BCUT2D eigenvalue weighted by molar-refractivity contribution is 1.22. The van der Waals surface area contributed by atoms with Gasteiger partial charge in [0.05, 0.1) is 17.2 Å². The molecule has 0 radical (unpaired) electrons. The molecule has 0 amide bonds. The number of hydrogen-bond donors (Lipinski definition) is 0. The standard InChI is InChI=1S/C14H8BrN3/c15-12-8-17-14-10-5-2-1-4-9(10)13-11(18(12)14)6-3-7-16-13/h1-8H.